The predicted molar refractivity (Wildman–Crippen MR) is 113 cm³/mol. The molecular formula is C22H20N4O3S. The van der Waals surface area contributed by atoms with Gasteiger partial charge in [0.15, 0.2) is 6.61 Å². The van der Waals surface area contributed by atoms with E-state index in [1.165, 1.54) is 0 Å². The SMILES string of the molecule is Cc1nc(COc2ccccc2C(=O)NCc2ccc(-c3csc(C)n3)cc2)no1. The number of hydrogen-bond donors (Lipinski definition) is 1. The zero-order valence-corrected chi connectivity index (χ0v) is 17.4. The van der Waals surface area contributed by atoms with Gasteiger partial charge in [-0.25, -0.2) is 4.98 Å². The first kappa shape index (κ1) is 19.8. The van der Waals surface area contributed by atoms with Crippen molar-refractivity contribution in [2.45, 2.75) is 27.0 Å². The number of aryl methyl sites for hydroxylation is 2. The van der Waals surface area contributed by atoms with E-state index < -0.39 is 0 Å². The minimum atomic E-state index is -0.214. The van der Waals surface area contributed by atoms with Crippen molar-refractivity contribution >= 4 is 17.2 Å². The molecule has 4 rings (SSSR count). The average molecular weight is 420 g/mol. The van der Waals surface area contributed by atoms with Crippen LogP contribution in [0.1, 0.15) is 32.6 Å². The van der Waals surface area contributed by atoms with Crippen molar-refractivity contribution in [2.24, 2.45) is 0 Å². The first-order chi connectivity index (χ1) is 14.6. The highest BCUT2D eigenvalue weighted by Gasteiger charge is 2.13. The minimum absolute atomic E-state index is 0.124. The molecule has 0 fully saturated rings. The molecule has 4 aromatic rings. The molecule has 2 aromatic heterocycles. The van der Waals surface area contributed by atoms with Gasteiger partial charge in [0, 0.05) is 24.4 Å². The van der Waals surface area contributed by atoms with Crippen molar-refractivity contribution < 1.29 is 14.1 Å². The lowest BCUT2D eigenvalue weighted by Crippen LogP contribution is -2.23. The van der Waals surface area contributed by atoms with Gasteiger partial charge in [0.2, 0.25) is 11.7 Å². The third-order valence-electron chi connectivity index (χ3n) is 4.38. The second-order valence-electron chi connectivity index (χ2n) is 6.65. The summed E-state index contributed by atoms with van der Waals surface area (Å²) in [5.74, 6) is 1.15. The van der Waals surface area contributed by atoms with Crippen LogP contribution in [0.5, 0.6) is 5.75 Å². The maximum Gasteiger partial charge on any atom is 0.255 e. The quantitative estimate of drug-likeness (QED) is 0.479. The van der Waals surface area contributed by atoms with E-state index in [1.807, 2.05) is 42.6 Å². The molecule has 7 nitrogen and oxygen atoms in total. The lowest BCUT2D eigenvalue weighted by Gasteiger charge is -2.11. The Morgan fingerprint density at radius 3 is 2.60 bits per heavy atom. The Morgan fingerprint density at radius 2 is 1.90 bits per heavy atom. The number of aromatic nitrogens is 3. The van der Waals surface area contributed by atoms with Gasteiger partial charge in [0.25, 0.3) is 5.91 Å². The van der Waals surface area contributed by atoms with Crippen LogP contribution in [-0.2, 0) is 13.2 Å². The molecule has 1 amide bonds. The Bertz CT molecular complexity index is 1150. The van der Waals surface area contributed by atoms with Crippen molar-refractivity contribution in [2.75, 3.05) is 0 Å². The van der Waals surface area contributed by atoms with Crippen LogP contribution in [-0.4, -0.2) is 21.0 Å². The zero-order chi connectivity index (χ0) is 20.9. The summed E-state index contributed by atoms with van der Waals surface area (Å²) in [5.41, 5.74) is 3.48. The molecule has 0 bridgehead atoms. The lowest BCUT2D eigenvalue weighted by atomic mass is 10.1. The molecular weight excluding hydrogens is 400 g/mol. The standard InChI is InChI=1S/C22H20N4O3S/c1-14-24-21(26-29-14)12-28-20-6-4-3-5-18(20)22(27)23-11-16-7-9-17(10-8-16)19-13-30-15(2)25-19/h3-10,13H,11-12H2,1-2H3,(H,23,27). The fourth-order valence-corrected chi connectivity index (χ4v) is 3.51. The predicted octanol–water partition coefficient (Wildman–Crippen LogP) is 4.32. The van der Waals surface area contributed by atoms with Gasteiger partial charge in [0.1, 0.15) is 5.75 Å². The molecule has 0 saturated carbocycles. The van der Waals surface area contributed by atoms with Crippen LogP contribution in [0.25, 0.3) is 11.3 Å². The normalized spacial score (nSPS) is 10.7. The summed E-state index contributed by atoms with van der Waals surface area (Å²) in [6, 6.07) is 15.1. The van der Waals surface area contributed by atoms with Crippen molar-refractivity contribution in [3.05, 3.63) is 81.8 Å². The van der Waals surface area contributed by atoms with Crippen molar-refractivity contribution in [3.8, 4) is 17.0 Å². The van der Waals surface area contributed by atoms with Crippen LogP contribution in [0.2, 0.25) is 0 Å². The van der Waals surface area contributed by atoms with Gasteiger partial charge in [-0.3, -0.25) is 4.79 Å². The number of nitrogens with one attached hydrogen (secondary N) is 1. The number of rotatable bonds is 7. The van der Waals surface area contributed by atoms with Gasteiger partial charge in [-0.2, -0.15) is 4.98 Å². The molecule has 0 aliphatic rings. The summed E-state index contributed by atoms with van der Waals surface area (Å²) in [6.07, 6.45) is 0. The van der Waals surface area contributed by atoms with Crippen molar-refractivity contribution in [1.82, 2.24) is 20.4 Å². The third-order valence-corrected chi connectivity index (χ3v) is 5.15. The van der Waals surface area contributed by atoms with E-state index >= 15 is 0 Å². The molecule has 30 heavy (non-hydrogen) atoms. The molecule has 2 aromatic carbocycles. The van der Waals surface area contributed by atoms with E-state index in [4.69, 9.17) is 9.26 Å². The van der Waals surface area contributed by atoms with E-state index in [1.54, 1.807) is 36.5 Å². The van der Waals surface area contributed by atoms with Crippen LogP contribution in [0.15, 0.2) is 58.4 Å². The van der Waals surface area contributed by atoms with Crippen molar-refractivity contribution in [3.63, 3.8) is 0 Å². The van der Waals surface area contributed by atoms with Gasteiger partial charge < -0.3 is 14.6 Å². The fraction of sp³-hybridized carbons (Fsp3) is 0.182. The van der Waals surface area contributed by atoms with Crippen LogP contribution in [0, 0.1) is 13.8 Å². The molecule has 152 valence electrons. The maximum atomic E-state index is 12.7. The largest absolute Gasteiger partial charge is 0.485 e. The lowest BCUT2D eigenvalue weighted by molar-refractivity contribution is 0.0946. The number of hydrogen-bond acceptors (Lipinski definition) is 7. The summed E-state index contributed by atoms with van der Waals surface area (Å²) in [5, 5.41) is 9.81. The van der Waals surface area contributed by atoms with Crippen LogP contribution in [0.3, 0.4) is 0 Å². The number of nitrogens with zero attached hydrogens (tertiary/aromatic N) is 3. The second kappa shape index (κ2) is 8.87. The zero-order valence-electron chi connectivity index (χ0n) is 16.6. The van der Waals surface area contributed by atoms with E-state index in [0.29, 0.717) is 29.6 Å². The Kier molecular flexibility index (Phi) is 5.85. The number of amides is 1. The molecule has 0 radical (unpaired) electrons. The third kappa shape index (κ3) is 4.72. The topological polar surface area (TPSA) is 90.1 Å². The summed E-state index contributed by atoms with van der Waals surface area (Å²) in [6.45, 7) is 4.23. The van der Waals surface area contributed by atoms with Gasteiger partial charge in [-0.15, -0.1) is 11.3 Å². The molecule has 1 N–H and O–H groups in total. The van der Waals surface area contributed by atoms with Gasteiger partial charge in [0.05, 0.1) is 16.3 Å². The first-order valence-electron chi connectivity index (χ1n) is 9.39. The van der Waals surface area contributed by atoms with Gasteiger partial charge in [-0.05, 0) is 24.6 Å². The highest BCUT2D eigenvalue weighted by atomic mass is 32.1. The Hall–Kier alpha value is -3.52. The maximum absolute atomic E-state index is 12.7. The summed E-state index contributed by atoms with van der Waals surface area (Å²) < 4.78 is 10.7. The van der Waals surface area contributed by atoms with Crippen LogP contribution in [0.4, 0.5) is 0 Å². The van der Waals surface area contributed by atoms with E-state index in [-0.39, 0.29) is 12.5 Å². The van der Waals surface area contributed by atoms with E-state index in [9.17, 15) is 4.79 Å². The molecule has 2 heterocycles. The second-order valence-corrected chi connectivity index (χ2v) is 7.71. The molecule has 0 aliphatic heterocycles. The van der Waals surface area contributed by atoms with Crippen molar-refractivity contribution in [1.29, 1.82) is 0 Å². The first-order valence-corrected chi connectivity index (χ1v) is 10.3. The number of thiazole rings is 1. The Morgan fingerprint density at radius 1 is 1.10 bits per heavy atom. The summed E-state index contributed by atoms with van der Waals surface area (Å²) >= 11 is 1.63. The smallest absolute Gasteiger partial charge is 0.255 e. The van der Waals surface area contributed by atoms with E-state index in [2.05, 4.69) is 20.4 Å². The molecule has 8 heteroatoms. The molecule has 0 saturated heterocycles. The minimum Gasteiger partial charge on any atom is -0.485 e. The average Bonchev–Trinajstić information content (AvgIpc) is 3.39. The van der Waals surface area contributed by atoms with Crippen LogP contribution < -0.4 is 10.1 Å². The number of benzene rings is 2. The Labute approximate surface area is 177 Å². The summed E-state index contributed by atoms with van der Waals surface area (Å²) in [4.78, 5) is 21.3. The highest BCUT2D eigenvalue weighted by Crippen LogP contribution is 2.22. The van der Waals surface area contributed by atoms with E-state index in [0.717, 1.165) is 21.8 Å². The monoisotopic (exact) mass is 420 g/mol. The summed E-state index contributed by atoms with van der Waals surface area (Å²) in [7, 11) is 0. The molecule has 0 spiro atoms. The number of carbonyl (C=O) groups excluding carboxylic acids is 1. The van der Waals surface area contributed by atoms with Crippen LogP contribution >= 0.6 is 11.3 Å². The molecule has 0 unspecified atom stereocenters. The number of para-hydroxylation sites is 1. The molecule has 0 aliphatic carbocycles. The van der Waals surface area contributed by atoms with Gasteiger partial charge in [-0.1, -0.05) is 41.6 Å². The van der Waals surface area contributed by atoms with Gasteiger partial charge >= 0.3 is 0 Å². The number of ether oxygens (including phenoxy) is 1. The Balaban J connectivity index is 1.38. The fourth-order valence-electron chi connectivity index (χ4n) is 2.89. The highest BCUT2D eigenvalue weighted by molar-refractivity contribution is 7.09. The number of carbonyl (C=O) groups is 1. The molecule has 0 atom stereocenters.